The molecule has 1 aromatic carbocycles. The summed E-state index contributed by atoms with van der Waals surface area (Å²) in [6.45, 7) is 0. The van der Waals surface area contributed by atoms with Crippen molar-refractivity contribution in [1.29, 1.82) is 0 Å². The van der Waals surface area contributed by atoms with E-state index in [1.165, 1.54) is 12.4 Å². The van der Waals surface area contributed by atoms with Gasteiger partial charge in [0.05, 0.1) is 0 Å². The molecule has 0 aliphatic rings. The molecule has 0 radical (unpaired) electrons. The largest absolute Gasteiger partial charge is 0.393 e. The van der Waals surface area contributed by atoms with Gasteiger partial charge >= 0.3 is 0 Å². The fourth-order valence-electron chi connectivity index (χ4n) is 1.22. The van der Waals surface area contributed by atoms with Crippen molar-refractivity contribution in [3.8, 4) is 0 Å². The molecule has 88 valence electrons. The first kappa shape index (κ1) is 11.1. The lowest BCUT2D eigenvalue weighted by atomic mass is 10.3. The highest BCUT2D eigenvalue weighted by Crippen LogP contribution is 2.24. The van der Waals surface area contributed by atoms with E-state index in [1.807, 2.05) is 0 Å². The summed E-state index contributed by atoms with van der Waals surface area (Å²) in [6, 6.07) is 3.35. The van der Waals surface area contributed by atoms with Crippen LogP contribution in [0.15, 0.2) is 24.5 Å². The molecule has 0 fully saturated rings. The van der Waals surface area contributed by atoms with E-state index < -0.39 is 11.6 Å². The summed E-state index contributed by atoms with van der Waals surface area (Å²) in [5.41, 5.74) is 11.6. The Kier molecular flexibility index (Phi) is 2.73. The van der Waals surface area contributed by atoms with Crippen LogP contribution in [-0.4, -0.2) is 9.97 Å². The van der Waals surface area contributed by atoms with Crippen molar-refractivity contribution in [2.45, 2.75) is 0 Å². The third-order valence-corrected chi connectivity index (χ3v) is 2.10. The lowest BCUT2D eigenvalue weighted by Crippen LogP contribution is -2.04. The molecule has 0 amide bonds. The van der Waals surface area contributed by atoms with Crippen LogP contribution in [0.2, 0.25) is 0 Å². The Labute approximate surface area is 95.5 Å². The van der Waals surface area contributed by atoms with E-state index in [0.29, 0.717) is 5.69 Å². The minimum absolute atomic E-state index is 0.116. The van der Waals surface area contributed by atoms with Crippen LogP contribution in [0.3, 0.4) is 0 Å². The first-order valence-corrected chi connectivity index (χ1v) is 4.66. The molecule has 0 atom stereocenters. The standard InChI is InChI=1S/C10H9F2N5/c11-6-2-1-5(3-7(6)12)17-10-8(13)9(14)15-4-16-10/h1-4H,13H2,(H3,14,15,16,17). The van der Waals surface area contributed by atoms with Crippen molar-refractivity contribution in [3.63, 3.8) is 0 Å². The van der Waals surface area contributed by atoms with Crippen LogP contribution in [0.25, 0.3) is 0 Å². The number of hydrogen-bond donors (Lipinski definition) is 3. The first-order chi connectivity index (χ1) is 8.08. The van der Waals surface area contributed by atoms with Gasteiger partial charge in [-0.15, -0.1) is 0 Å². The molecule has 1 aromatic heterocycles. The molecule has 0 saturated heterocycles. The van der Waals surface area contributed by atoms with Gasteiger partial charge in [-0.2, -0.15) is 0 Å². The SMILES string of the molecule is Nc1ncnc(Nc2ccc(F)c(F)c2)c1N. The van der Waals surface area contributed by atoms with Crippen LogP contribution in [0.4, 0.5) is 31.8 Å². The summed E-state index contributed by atoms with van der Waals surface area (Å²) >= 11 is 0. The molecule has 0 bridgehead atoms. The van der Waals surface area contributed by atoms with Crippen LogP contribution in [0, 0.1) is 11.6 Å². The summed E-state index contributed by atoms with van der Waals surface area (Å²) in [4.78, 5) is 7.52. The molecule has 0 spiro atoms. The topological polar surface area (TPSA) is 89.8 Å². The van der Waals surface area contributed by atoms with Crippen LogP contribution in [0.5, 0.6) is 0 Å². The number of anilines is 4. The normalized spacial score (nSPS) is 10.2. The number of rotatable bonds is 2. The smallest absolute Gasteiger partial charge is 0.160 e. The Morgan fingerprint density at radius 3 is 2.53 bits per heavy atom. The Morgan fingerprint density at radius 1 is 1.06 bits per heavy atom. The van der Waals surface area contributed by atoms with Gasteiger partial charge in [0.25, 0.3) is 0 Å². The molecular weight excluding hydrogens is 228 g/mol. The second kappa shape index (κ2) is 4.20. The predicted octanol–water partition coefficient (Wildman–Crippen LogP) is 1.66. The van der Waals surface area contributed by atoms with E-state index >= 15 is 0 Å². The van der Waals surface area contributed by atoms with Crippen molar-refractivity contribution >= 4 is 23.0 Å². The monoisotopic (exact) mass is 237 g/mol. The number of benzene rings is 1. The molecule has 0 aliphatic carbocycles. The van der Waals surface area contributed by atoms with Crippen LogP contribution in [-0.2, 0) is 0 Å². The zero-order valence-electron chi connectivity index (χ0n) is 8.61. The highest BCUT2D eigenvalue weighted by atomic mass is 19.2. The molecule has 5 N–H and O–H groups in total. The van der Waals surface area contributed by atoms with Crippen molar-refractivity contribution in [1.82, 2.24) is 9.97 Å². The van der Waals surface area contributed by atoms with Crippen LogP contribution in [0.1, 0.15) is 0 Å². The molecule has 5 nitrogen and oxygen atoms in total. The van der Waals surface area contributed by atoms with Gasteiger partial charge in [0.1, 0.15) is 12.0 Å². The van der Waals surface area contributed by atoms with Gasteiger partial charge in [-0.25, -0.2) is 18.7 Å². The number of nitrogens with two attached hydrogens (primary N) is 2. The molecule has 1 heterocycles. The lowest BCUT2D eigenvalue weighted by Gasteiger charge is -2.09. The van der Waals surface area contributed by atoms with Gasteiger partial charge < -0.3 is 16.8 Å². The number of hydrogen-bond acceptors (Lipinski definition) is 5. The minimum Gasteiger partial charge on any atom is -0.393 e. The van der Waals surface area contributed by atoms with E-state index in [2.05, 4.69) is 15.3 Å². The molecular formula is C10H9F2N5. The van der Waals surface area contributed by atoms with E-state index in [9.17, 15) is 8.78 Å². The number of halogens is 2. The van der Waals surface area contributed by atoms with Gasteiger partial charge in [0, 0.05) is 11.8 Å². The summed E-state index contributed by atoms with van der Waals surface area (Å²) in [5, 5.41) is 2.72. The molecule has 17 heavy (non-hydrogen) atoms. The second-order valence-corrected chi connectivity index (χ2v) is 3.28. The maximum atomic E-state index is 13.0. The number of aromatic nitrogens is 2. The van der Waals surface area contributed by atoms with Crippen LogP contribution >= 0.6 is 0 Å². The Balaban J connectivity index is 2.31. The molecule has 2 rings (SSSR count). The highest BCUT2D eigenvalue weighted by molar-refractivity contribution is 5.76. The van der Waals surface area contributed by atoms with Crippen molar-refractivity contribution in [2.75, 3.05) is 16.8 Å². The van der Waals surface area contributed by atoms with Gasteiger partial charge in [-0.05, 0) is 12.1 Å². The fraction of sp³-hybridized carbons (Fsp3) is 0. The number of nitrogens with zero attached hydrogens (tertiary/aromatic N) is 2. The minimum atomic E-state index is -0.962. The summed E-state index contributed by atoms with van der Waals surface area (Å²) in [7, 11) is 0. The molecule has 0 saturated carbocycles. The number of nitrogen functional groups attached to an aromatic ring is 2. The van der Waals surface area contributed by atoms with Crippen LogP contribution < -0.4 is 16.8 Å². The summed E-state index contributed by atoms with van der Waals surface area (Å²) in [6.07, 6.45) is 1.22. The Bertz CT molecular complexity index is 558. The third-order valence-electron chi connectivity index (χ3n) is 2.10. The van der Waals surface area contributed by atoms with E-state index in [1.54, 1.807) is 0 Å². The fourth-order valence-corrected chi connectivity index (χ4v) is 1.22. The second-order valence-electron chi connectivity index (χ2n) is 3.28. The van der Waals surface area contributed by atoms with Gasteiger partial charge in [0.15, 0.2) is 23.3 Å². The zero-order chi connectivity index (χ0) is 12.4. The Morgan fingerprint density at radius 2 is 1.82 bits per heavy atom. The molecule has 0 unspecified atom stereocenters. The zero-order valence-corrected chi connectivity index (χ0v) is 8.61. The summed E-state index contributed by atoms with van der Waals surface area (Å²) < 4.78 is 25.7. The van der Waals surface area contributed by atoms with Crippen molar-refractivity contribution in [3.05, 3.63) is 36.2 Å². The van der Waals surface area contributed by atoms with E-state index in [-0.39, 0.29) is 17.3 Å². The highest BCUT2D eigenvalue weighted by Gasteiger charge is 2.07. The molecule has 7 heteroatoms. The van der Waals surface area contributed by atoms with Gasteiger partial charge in [-0.3, -0.25) is 0 Å². The maximum Gasteiger partial charge on any atom is 0.160 e. The average molecular weight is 237 g/mol. The van der Waals surface area contributed by atoms with Crippen molar-refractivity contribution in [2.24, 2.45) is 0 Å². The molecule has 2 aromatic rings. The summed E-state index contributed by atoms with van der Waals surface area (Å²) in [5.74, 6) is -1.53. The average Bonchev–Trinajstić information content (AvgIpc) is 2.30. The third kappa shape index (κ3) is 2.22. The Hall–Kier alpha value is -2.44. The first-order valence-electron chi connectivity index (χ1n) is 4.66. The van der Waals surface area contributed by atoms with Gasteiger partial charge in [-0.1, -0.05) is 0 Å². The maximum absolute atomic E-state index is 13.0. The van der Waals surface area contributed by atoms with E-state index in [4.69, 9.17) is 11.5 Å². The quantitative estimate of drug-likeness (QED) is 0.739. The van der Waals surface area contributed by atoms with E-state index in [0.717, 1.165) is 12.1 Å². The lowest BCUT2D eigenvalue weighted by molar-refractivity contribution is 0.509. The van der Waals surface area contributed by atoms with Gasteiger partial charge in [0.2, 0.25) is 0 Å². The van der Waals surface area contributed by atoms with Crippen molar-refractivity contribution < 1.29 is 8.78 Å². The predicted molar refractivity (Wildman–Crippen MR) is 60.5 cm³/mol. The number of nitrogens with one attached hydrogen (secondary N) is 1. The molecule has 0 aliphatic heterocycles.